The molecule has 90 valence electrons. The molecular weight excluding hydrogens is 292 g/mol. The maximum atomic E-state index is 13.5. The molecule has 0 aliphatic rings. The molecule has 0 N–H and O–H groups in total. The first-order valence-corrected chi connectivity index (χ1v) is 6.72. The topological polar surface area (TPSA) is 3.24 Å². The third kappa shape index (κ3) is 4.40. The number of benzene rings is 1. The molecule has 0 atom stereocenters. The van der Waals surface area contributed by atoms with Crippen LogP contribution in [0.2, 0.25) is 0 Å². The van der Waals surface area contributed by atoms with E-state index in [1.54, 1.807) is 6.07 Å². The number of nitrogens with zero attached hydrogens (tertiary/aromatic N) is 1. The van der Waals surface area contributed by atoms with Crippen LogP contribution in [-0.2, 0) is 6.54 Å². The Hall–Kier alpha value is -0.120. The molecule has 0 amide bonds. The molecule has 0 radical (unpaired) electrons. The van der Waals surface area contributed by atoms with Crippen LogP contribution in [0, 0.1) is 5.82 Å². The van der Waals surface area contributed by atoms with Crippen molar-refractivity contribution in [2.45, 2.75) is 19.9 Å². The first kappa shape index (κ1) is 13.9. The normalized spacial score (nSPS) is 11.1. The molecule has 0 unspecified atom stereocenters. The van der Waals surface area contributed by atoms with E-state index in [9.17, 15) is 4.39 Å². The van der Waals surface area contributed by atoms with E-state index in [1.807, 2.05) is 6.07 Å². The van der Waals surface area contributed by atoms with Crippen molar-refractivity contribution in [2.75, 3.05) is 19.0 Å². The lowest BCUT2D eigenvalue weighted by molar-refractivity contribution is 0.278. The molecule has 0 heterocycles. The SMILES string of the molecule is CCCN(CCCl)Cc1cc(Br)ccc1F. The molecule has 1 rings (SSSR count). The summed E-state index contributed by atoms with van der Waals surface area (Å²) in [5, 5.41) is 0. The molecule has 0 spiro atoms. The predicted molar refractivity (Wildman–Crippen MR) is 70.4 cm³/mol. The monoisotopic (exact) mass is 307 g/mol. The van der Waals surface area contributed by atoms with Crippen molar-refractivity contribution in [3.8, 4) is 0 Å². The summed E-state index contributed by atoms with van der Waals surface area (Å²) in [5.74, 6) is 0.425. The molecule has 1 nitrogen and oxygen atoms in total. The number of rotatable bonds is 6. The lowest BCUT2D eigenvalue weighted by Crippen LogP contribution is -2.26. The van der Waals surface area contributed by atoms with Crippen LogP contribution in [0.5, 0.6) is 0 Å². The maximum Gasteiger partial charge on any atom is 0.127 e. The largest absolute Gasteiger partial charge is 0.298 e. The minimum absolute atomic E-state index is 0.154. The van der Waals surface area contributed by atoms with Crippen molar-refractivity contribution < 1.29 is 4.39 Å². The molecule has 16 heavy (non-hydrogen) atoms. The Kier molecular flexibility index (Phi) is 6.32. The van der Waals surface area contributed by atoms with Gasteiger partial charge in [0.1, 0.15) is 5.82 Å². The van der Waals surface area contributed by atoms with Gasteiger partial charge in [0, 0.05) is 29.0 Å². The zero-order valence-electron chi connectivity index (χ0n) is 9.35. The molecule has 0 aliphatic carbocycles. The standard InChI is InChI=1S/C12H16BrClFN/c1-2-6-16(7-5-14)9-10-8-11(13)3-4-12(10)15/h3-4,8H,2,5-7,9H2,1H3. The fourth-order valence-electron chi connectivity index (χ4n) is 1.61. The van der Waals surface area contributed by atoms with Gasteiger partial charge < -0.3 is 0 Å². The summed E-state index contributed by atoms with van der Waals surface area (Å²) < 4.78 is 14.4. The first-order chi connectivity index (χ1) is 7.67. The van der Waals surface area contributed by atoms with Crippen LogP contribution >= 0.6 is 27.5 Å². The molecule has 0 saturated carbocycles. The molecule has 0 saturated heterocycles. The fraction of sp³-hybridized carbons (Fsp3) is 0.500. The van der Waals surface area contributed by atoms with E-state index in [-0.39, 0.29) is 5.82 Å². The highest BCUT2D eigenvalue weighted by molar-refractivity contribution is 9.10. The second kappa shape index (κ2) is 7.25. The van der Waals surface area contributed by atoms with Crippen molar-refractivity contribution in [2.24, 2.45) is 0 Å². The summed E-state index contributed by atoms with van der Waals surface area (Å²) >= 11 is 9.08. The van der Waals surface area contributed by atoms with Crippen LogP contribution in [0.1, 0.15) is 18.9 Å². The van der Waals surface area contributed by atoms with E-state index in [1.165, 1.54) is 6.07 Å². The average molecular weight is 309 g/mol. The fourth-order valence-corrected chi connectivity index (χ4v) is 2.26. The van der Waals surface area contributed by atoms with Gasteiger partial charge in [-0.05, 0) is 31.2 Å². The number of hydrogen-bond acceptors (Lipinski definition) is 1. The van der Waals surface area contributed by atoms with E-state index in [4.69, 9.17) is 11.6 Å². The van der Waals surface area contributed by atoms with Crippen LogP contribution in [-0.4, -0.2) is 23.9 Å². The molecule has 0 bridgehead atoms. The molecule has 0 fully saturated rings. The van der Waals surface area contributed by atoms with E-state index in [0.29, 0.717) is 18.0 Å². The van der Waals surface area contributed by atoms with Gasteiger partial charge in [0.05, 0.1) is 0 Å². The smallest absolute Gasteiger partial charge is 0.127 e. The third-order valence-corrected chi connectivity index (χ3v) is 3.00. The van der Waals surface area contributed by atoms with E-state index < -0.39 is 0 Å². The van der Waals surface area contributed by atoms with Gasteiger partial charge in [-0.25, -0.2) is 4.39 Å². The van der Waals surface area contributed by atoms with Crippen LogP contribution in [0.3, 0.4) is 0 Å². The van der Waals surface area contributed by atoms with Gasteiger partial charge in [0.2, 0.25) is 0 Å². The summed E-state index contributed by atoms with van der Waals surface area (Å²) in [6.07, 6.45) is 1.05. The van der Waals surface area contributed by atoms with Crippen LogP contribution in [0.25, 0.3) is 0 Å². The Bertz CT molecular complexity index is 327. The lowest BCUT2D eigenvalue weighted by Gasteiger charge is -2.20. The van der Waals surface area contributed by atoms with Crippen molar-refractivity contribution in [3.63, 3.8) is 0 Å². The molecule has 4 heteroatoms. The van der Waals surface area contributed by atoms with Gasteiger partial charge in [0.15, 0.2) is 0 Å². The lowest BCUT2D eigenvalue weighted by atomic mass is 10.2. The Labute approximate surface area is 110 Å². The zero-order chi connectivity index (χ0) is 12.0. The highest BCUT2D eigenvalue weighted by Gasteiger charge is 2.08. The minimum atomic E-state index is -0.154. The van der Waals surface area contributed by atoms with E-state index in [2.05, 4.69) is 27.8 Å². The Morgan fingerprint density at radius 3 is 2.75 bits per heavy atom. The van der Waals surface area contributed by atoms with E-state index in [0.717, 1.165) is 24.0 Å². The van der Waals surface area contributed by atoms with Crippen molar-refractivity contribution in [1.82, 2.24) is 4.90 Å². The highest BCUT2D eigenvalue weighted by Crippen LogP contribution is 2.17. The summed E-state index contributed by atoms with van der Waals surface area (Å²) in [7, 11) is 0. The van der Waals surface area contributed by atoms with Gasteiger partial charge in [-0.15, -0.1) is 11.6 Å². The third-order valence-electron chi connectivity index (χ3n) is 2.34. The number of alkyl halides is 1. The highest BCUT2D eigenvalue weighted by atomic mass is 79.9. The molecule has 1 aromatic carbocycles. The predicted octanol–water partition coefficient (Wildman–Crippen LogP) is 4.04. The summed E-state index contributed by atoms with van der Waals surface area (Å²) in [6.45, 7) is 4.46. The van der Waals surface area contributed by atoms with Crippen molar-refractivity contribution >= 4 is 27.5 Å². The molecule has 1 aromatic rings. The number of hydrogen-bond donors (Lipinski definition) is 0. The quantitative estimate of drug-likeness (QED) is 0.717. The van der Waals surface area contributed by atoms with Gasteiger partial charge in [-0.1, -0.05) is 22.9 Å². The van der Waals surface area contributed by atoms with Crippen molar-refractivity contribution in [3.05, 3.63) is 34.1 Å². The summed E-state index contributed by atoms with van der Waals surface area (Å²) in [5.41, 5.74) is 0.716. The zero-order valence-corrected chi connectivity index (χ0v) is 11.7. The average Bonchev–Trinajstić information content (AvgIpc) is 2.24. The Morgan fingerprint density at radius 1 is 1.38 bits per heavy atom. The van der Waals surface area contributed by atoms with Gasteiger partial charge in [-0.3, -0.25) is 4.90 Å². The Morgan fingerprint density at radius 2 is 2.12 bits per heavy atom. The second-order valence-electron chi connectivity index (χ2n) is 3.70. The van der Waals surface area contributed by atoms with Gasteiger partial charge in [0.25, 0.3) is 0 Å². The second-order valence-corrected chi connectivity index (χ2v) is 4.99. The first-order valence-electron chi connectivity index (χ1n) is 5.39. The van der Waals surface area contributed by atoms with Crippen LogP contribution < -0.4 is 0 Å². The Balaban J connectivity index is 2.71. The summed E-state index contributed by atoms with van der Waals surface area (Å²) in [4.78, 5) is 2.16. The molecule has 0 aliphatic heterocycles. The van der Waals surface area contributed by atoms with Crippen molar-refractivity contribution in [1.29, 1.82) is 0 Å². The minimum Gasteiger partial charge on any atom is -0.298 e. The molecular formula is C12H16BrClFN. The molecule has 0 aromatic heterocycles. The maximum absolute atomic E-state index is 13.5. The van der Waals surface area contributed by atoms with Crippen LogP contribution in [0.4, 0.5) is 4.39 Å². The van der Waals surface area contributed by atoms with Gasteiger partial charge >= 0.3 is 0 Å². The summed E-state index contributed by atoms with van der Waals surface area (Å²) in [6, 6.07) is 5.03. The van der Waals surface area contributed by atoms with Crippen LogP contribution in [0.15, 0.2) is 22.7 Å². The van der Waals surface area contributed by atoms with E-state index >= 15 is 0 Å². The number of halogens is 3. The van der Waals surface area contributed by atoms with Gasteiger partial charge in [-0.2, -0.15) is 0 Å².